The largest absolute Gasteiger partial charge is 0.382 e. The molecule has 0 radical (unpaired) electrons. The van der Waals surface area contributed by atoms with Gasteiger partial charge in [-0.3, -0.25) is 0 Å². The Morgan fingerprint density at radius 1 is 1.17 bits per heavy atom. The minimum Gasteiger partial charge on any atom is -0.382 e. The molecule has 0 atom stereocenters. The van der Waals surface area contributed by atoms with Crippen molar-refractivity contribution < 1.29 is 12.9 Å². The Hall–Kier alpha value is -1.86. The van der Waals surface area contributed by atoms with Crippen LogP contribution in [0.15, 0.2) is 39.8 Å². The summed E-state index contributed by atoms with van der Waals surface area (Å²) in [6, 6.07) is 10.3. The summed E-state index contributed by atoms with van der Waals surface area (Å²) >= 11 is 0. The second-order valence-corrected chi connectivity index (χ2v) is 7.72. The van der Waals surface area contributed by atoms with Gasteiger partial charge in [0.15, 0.2) is 5.76 Å². The molecule has 0 unspecified atom stereocenters. The van der Waals surface area contributed by atoms with Crippen LogP contribution < -0.4 is 5.32 Å². The maximum Gasteiger partial charge on any atom is 0.248 e. The zero-order chi connectivity index (χ0) is 16.4. The van der Waals surface area contributed by atoms with Crippen molar-refractivity contribution in [3.05, 3.63) is 41.8 Å². The Morgan fingerprint density at radius 2 is 1.83 bits per heavy atom. The number of sulfonamides is 1. The van der Waals surface area contributed by atoms with Gasteiger partial charge < -0.3 is 9.84 Å². The highest BCUT2D eigenvalue weighted by atomic mass is 32.2. The lowest BCUT2D eigenvalue weighted by atomic mass is 10.1. The van der Waals surface area contributed by atoms with Crippen molar-refractivity contribution in [3.8, 4) is 0 Å². The van der Waals surface area contributed by atoms with Crippen LogP contribution in [0.25, 0.3) is 0 Å². The smallest absolute Gasteiger partial charge is 0.248 e. The minimum atomic E-state index is -3.53. The van der Waals surface area contributed by atoms with Gasteiger partial charge in [-0.05, 0) is 38.8 Å². The molecule has 0 amide bonds. The fraction of sp³-hybridized carbons (Fsp3) is 0.438. The molecular weight excluding hydrogens is 314 g/mol. The molecule has 0 saturated carbocycles. The first-order chi connectivity index (χ1) is 11.0. The highest BCUT2D eigenvalue weighted by Gasteiger charge is 2.33. The monoisotopic (exact) mass is 335 g/mol. The van der Waals surface area contributed by atoms with Gasteiger partial charge in [0.1, 0.15) is 10.6 Å². The van der Waals surface area contributed by atoms with E-state index in [-0.39, 0.29) is 10.9 Å². The first kappa shape index (κ1) is 16.0. The Labute approximate surface area is 136 Å². The quantitative estimate of drug-likeness (QED) is 0.929. The van der Waals surface area contributed by atoms with Crippen LogP contribution in [0.4, 0.5) is 5.69 Å². The van der Waals surface area contributed by atoms with Crippen LogP contribution in [0.5, 0.6) is 0 Å². The zero-order valence-electron chi connectivity index (χ0n) is 13.3. The number of piperidine rings is 1. The molecule has 1 aliphatic heterocycles. The van der Waals surface area contributed by atoms with Crippen molar-refractivity contribution in [3.63, 3.8) is 0 Å². The van der Waals surface area contributed by atoms with Crippen molar-refractivity contribution in [1.29, 1.82) is 0 Å². The molecule has 1 saturated heterocycles. The van der Waals surface area contributed by atoms with Crippen molar-refractivity contribution in [2.24, 2.45) is 0 Å². The van der Waals surface area contributed by atoms with Crippen molar-refractivity contribution in [2.75, 3.05) is 18.4 Å². The van der Waals surface area contributed by atoms with Gasteiger partial charge in [-0.25, -0.2) is 8.42 Å². The van der Waals surface area contributed by atoms with Gasteiger partial charge in [-0.2, -0.15) is 4.31 Å². The lowest BCUT2D eigenvalue weighted by molar-refractivity contribution is 0.328. The highest BCUT2D eigenvalue weighted by Crippen LogP contribution is 2.26. The molecular formula is C16H21N3O3S. The second-order valence-electron chi connectivity index (χ2n) is 5.84. The lowest BCUT2D eigenvalue weighted by Crippen LogP contribution is -2.42. The third kappa shape index (κ3) is 3.25. The molecule has 2 aromatic rings. The van der Waals surface area contributed by atoms with Crippen LogP contribution in [0, 0.1) is 13.8 Å². The zero-order valence-corrected chi connectivity index (χ0v) is 14.1. The van der Waals surface area contributed by atoms with E-state index in [9.17, 15) is 8.42 Å². The third-order valence-electron chi connectivity index (χ3n) is 4.16. The summed E-state index contributed by atoms with van der Waals surface area (Å²) in [5, 5.41) is 7.21. The van der Waals surface area contributed by atoms with Gasteiger partial charge in [-0.15, -0.1) is 0 Å². The Bertz CT molecular complexity index is 744. The first-order valence-electron chi connectivity index (χ1n) is 7.73. The molecule has 1 fully saturated rings. The van der Waals surface area contributed by atoms with Crippen molar-refractivity contribution in [1.82, 2.24) is 9.46 Å². The molecule has 0 spiro atoms. The Morgan fingerprint density at radius 3 is 2.39 bits per heavy atom. The van der Waals surface area contributed by atoms with Crippen LogP contribution in [-0.4, -0.2) is 37.0 Å². The fourth-order valence-corrected chi connectivity index (χ4v) is 4.74. The molecule has 1 aliphatic rings. The summed E-state index contributed by atoms with van der Waals surface area (Å²) in [7, 11) is -3.53. The van der Waals surface area contributed by atoms with E-state index in [4.69, 9.17) is 4.52 Å². The number of nitrogens with one attached hydrogen (secondary N) is 1. The van der Waals surface area contributed by atoms with Gasteiger partial charge in [0.05, 0.1) is 0 Å². The van der Waals surface area contributed by atoms with E-state index in [1.807, 2.05) is 30.3 Å². The Kier molecular flexibility index (Phi) is 4.41. The van der Waals surface area contributed by atoms with Crippen LogP contribution in [0.1, 0.15) is 24.3 Å². The number of para-hydroxylation sites is 1. The average molecular weight is 335 g/mol. The summed E-state index contributed by atoms with van der Waals surface area (Å²) in [5.41, 5.74) is 1.49. The SMILES string of the molecule is Cc1noc(C)c1S(=O)(=O)N1CCC(Nc2ccccc2)CC1. The van der Waals surface area contributed by atoms with E-state index < -0.39 is 10.0 Å². The maximum atomic E-state index is 12.8. The molecule has 2 heterocycles. The van der Waals surface area contributed by atoms with Gasteiger partial charge in [0.25, 0.3) is 0 Å². The van der Waals surface area contributed by atoms with Crippen LogP contribution in [0.2, 0.25) is 0 Å². The van der Waals surface area contributed by atoms with Gasteiger partial charge in [0, 0.05) is 24.8 Å². The van der Waals surface area contributed by atoms with Gasteiger partial charge >= 0.3 is 0 Å². The third-order valence-corrected chi connectivity index (χ3v) is 6.31. The molecule has 7 heteroatoms. The van der Waals surface area contributed by atoms with E-state index in [1.165, 1.54) is 4.31 Å². The maximum absolute atomic E-state index is 12.8. The number of hydrogen-bond donors (Lipinski definition) is 1. The molecule has 23 heavy (non-hydrogen) atoms. The predicted octanol–water partition coefficient (Wildman–Crippen LogP) is 2.56. The molecule has 0 aliphatic carbocycles. The topological polar surface area (TPSA) is 75.4 Å². The standard InChI is InChI=1S/C16H21N3O3S/c1-12-16(13(2)22-18-12)23(20,21)19-10-8-15(9-11-19)17-14-6-4-3-5-7-14/h3-7,15,17H,8-11H2,1-2H3. The van der Waals surface area contributed by atoms with Crippen molar-refractivity contribution >= 4 is 15.7 Å². The van der Waals surface area contributed by atoms with E-state index in [0.29, 0.717) is 24.5 Å². The molecule has 3 rings (SSSR count). The number of nitrogens with zero attached hydrogens (tertiary/aromatic N) is 2. The van der Waals surface area contributed by atoms with Crippen LogP contribution >= 0.6 is 0 Å². The van der Waals surface area contributed by atoms with Crippen LogP contribution in [0.3, 0.4) is 0 Å². The van der Waals surface area contributed by atoms with E-state index in [2.05, 4.69) is 10.5 Å². The minimum absolute atomic E-state index is 0.215. The van der Waals surface area contributed by atoms with E-state index >= 15 is 0 Å². The molecule has 1 aromatic carbocycles. The average Bonchev–Trinajstić information content (AvgIpc) is 2.88. The molecule has 124 valence electrons. The summed E-state index contributed by atoms with van der Waals surface area (Å²) in [6.45, 7) is 4.29. The Balaban J connectivity index is 1.67. The normalized spacial score (nSPS) is 17.3. The van der Waals surface area contributed by atoms with Crippen molar-refractivity contribution in [2.45, 2.75) is 37.6 Å². The first-order valence-corrected chi connectivity index (χ1v) is 9.17. The summed E-state index contributed by atoms with van der Waals surface area (Å²) in [6.07, 6.45) is 1.55. The number of anilines is 1. The van der Waals surface area contributed by atoms with E-state index in [0.717, 1.165) is 18.5 Å². The number of hydrogen-bond acceptors (Lipinski definition) is 5. The van der Waals surface area contributed by atoms with Gasteiger partial charge in [0.2, 0.25) is 10.0 Å². The molecule has 1 N–H and O–H groups in total. The number of aromatic nitrogens is 1. The van der Waals surface area contributed by atoms with E-state index in [1.54, 1.807) is 13.8 Å². The summed E-state index contributed by atoms with van der Waals surface area (Å²) < 4.78 is 32.1. The number of aryl methyl sites for hydroxylation is 2. The fourth-order valence-electron chi connectivity index (χ4n) is 2.98. The summed E-state index contributed by atoms with van der Waals surface area (Å²) in [4.78, 5) is 0.215. The molecule has 0 bridgehead atoms. The van der Waals surface area contributed by atoms with Gasteiger partial charge in [-0.1, -0.05) is 23.4 Å². The predicted molar refractivity (Wildman–Crippen MR) is 87.8 cm³/mol. The number of rotatable bonds is 4. The van der Waals surface area contributed by atoms with Crippen LogP contribution in [-0.2, 0) is 10.0 Å². The highest BCUT2D eigenvalue weighted by molar-refractivity contribution is 7.89. The number of benzene rings is 1. The lowest BCUT2D eigenvalue weighted by Gasteiger charge is -2.32. The molecule has 1 aromatic heterocycles. The summed E-state index contributed by atoms with van der Waals surface area (Å²) in [5.74, 6) is 0.354. The second kappa shape index (κ2) is 6.33. The molecule has 6 nitrogen and oxygen atoms in total.